The molecule has 0 amide bonds. The largest absolute Gasteiger partial charge is 0.279 e. The van der Waals surface area contributed by atoms with E-state index in [9.17, 15) is 21.6 Å². The summed E-state index contributed by atoms with van der Waals surface area (Å²) in [6, 6.07) is 4.69. The Morgan fingerprint density at radius 3 is 2.14 bits per heavy atom. The van der Waals surface area contributed by atoms with Crippen molar-refractivity contribution in [2.75, 3.05) is 4.72 Å². The Morgan fingerprint density at radius 2 is 1.57 bits per heavy atom. The van der Waals surface area contributed by atoms with Gasteiger partial charge in [-0.15, -0.1) is 0 Å². The van der Waals surface area contributed by atoms with Crippen LogP contribution in [-0.2, 0) is 10.0 Å². The molecule has 2 aromatic rings. The standard InChI is InChI=1S/C12H6Br2F3NO2S/c13-8-5-7(1-2-10(8)16)18-21(19,20)12-9(14)3-6(15)4-11(12)17/h1-5,18H. The third-order valence-electron chi connectivity index (χ3n) is 2.40. The van der Waals surface area contributed by atoms with Gasteiger partial charge in [-0.3, -0.25) is 4.72 Å². The molecule has 2 rings (SSSR count). The smallest absolute Gasteiger partial charge is 0.265 e. The first-order chi connectivity index (χ1) is 9.70. The molecule has 0 aliphatic heterocycles. The van der Waals surface area contributed by atoms with Gasteiger partial charge >= 0.3 is 0 Å². The molecule has 0 aliphatic rings. The number of benzene rings is 2. The minimum Gasteiger partial charge on any atom is -0.279 e. The van der Waals surface area contributed by atoms with Crippen LogP contribution in [0.1, 0.15) is 0 Å². The zero-order valence-electron chi connectivity index (χ0n) is 10.0. The second-order valence-electron chi connectivity index (χ2n) is 3.93. The third kappa shape index (κ3) is 3.58. The molecule has 2 aromatic carbocycles. The van der Waals surface area contributed by atoms with Crippen LogP contribution in [0.4, 0.5) is 18.9 Å². The second-order valence-corrected chi connectivity index (χ2v) is 7.26. The van der Waals surface area contributed by atoms with Crippen LogP contribution in [0.3, 0.4) is 0 Å². The Kier molecular flexibility index (Phi) is 4.64. The number of rotatable bonds is 3. The van der Waals surface area contributed by atoms with Gasteiger partial charge in [0.2, 0.25) is 0 Å². The molecule has 112 valence electrons. The van der Waals surface area contributed by atoms with Gasteiger partial charge in [-0.05, 0) is 56.1 Å². The third-order valence-corrected chi connectivity index (χ3v) is 5.36. The monoisotopic (exact) mass is 443 g/mol. The maximum atomic E-state index is 13.7. The van der Waals surface area contributed by atoms with E-state index in [4.69, 9.17) is 0 Å². The molecule has 0 aliphatic carbocycles. The molecular weight excluding hydrogens is 439 g/mol. The first kappa shape index (κ1) is 16.3. The zero-order valence-corrected chi connectivity index (χ0v) is 14.0. The maximum absolute atomic E-state index is 13.7. The summed E-state index contributed by atoms with van der Waals surface area (Å²) in [6.07, 6.45) is 0. The highest BCUT2D eigenvalue weighted by atomic mass is 79.9. The molecule has 0 spiro atoms. The molecule has 0 radical (unpaired) electrons. The summed E-state index contributed by atoms with van der Waals surface area (Å²) in [5.74, 6) is -2.73. The first-order valence-electron chi connectivity index (χ1n) is 5.33. The highest BCUT2D eigenvalue weighted by molar-refractivity contribution is 9.10. The Morgan fingerprint density at radius 1 is 0.905 bits per heavy atom. The summed E-state index contributed by atoms with van der Waals surface area (Å²) >= 11 is 5.71. The summed E-state index contributed by atoms with van der Waals surface area (Å²) in [6.45, 7) is 0. The molecule has 0 saturated carbocycles. The molecule has 1 N–H and O–H groups in total. The first-order valence-corrected chi connectivity index (χ1v) is 8.40. The quantitative estimate of drug-likeness (QED) is 0.761. The van der Waals surface area contributed by atoms with Gasteiger partial charge in [0.1, 0.15) is 22.3 Å². The van der Waals surface area contributed by atoms with Gasteiger partial charge in [-0.2, -0.15) is 0 Å². The lowest BCUT2D eigenvalue weighted by atomic mass is 10.3. The highest BCUT2D eigenvalue weighted by Crippen LogP contribution is 2.29. The van der Waals surface area contributed by atoms with Crippen molar-refractivity contribution in [1.29, 1.82) is 0 Å². The van der Waals surface area contributed by atoms with E-state index in [1.54, 1.807) is 0 Å². The van der Waals surface area contributed by atoms with Gasteiger partial charge in [0, 0.05) is 10.5 Å². The molecule has 0 atom stereocenters. The zero-order chi connectivity index (χ0) is 15.8. The molecule has 21 heavy (non-hydrogen) atoms. The average Bonchev–Trinajstić information content (AvgIpc) is 2.31. The lowest BCUT2D eigenvalue weighted by Crippen LogP contribution is -2.15. The lowest BCUT2D eigenvalue weighted by molar-refractivity contribution is 0.548. The van der Waals surface area contributed by atoms with Crippen molar-refractivity contribution in [2.24, 2.45) is 0 Å². The van der Waals surface area contributed by atoms with E-state index in [2.05, 4.69) is 36.6 Å². The van der Waals surface area contributed by atoms with Gasteiger partial charge < -0.3 is 0 Å². The highest BCUT2D eigenvalue weighted by Gasteiger charge is 2.24. The molecule has 0 aromatic heterocycles. The van der Waals surface area contributed by atoms with E-state index in [1.165, 1.54) is 12.1 Å². The van der Waals surface area contributed by atoms with E-state index in [0.717, 1.165) is 12.1 Å². The molecule has 0 fully saturated rings. The fraction of sp³-hybridized carbons (Fsp3) is 0. The molecule has 3 nitrogen and oxygen atoms in total. The fourth-order valence-electron chi connectivity index (χ4n) is 1.55. The van der Waals surface area contributed by atoms with Crippen LogP contribution in [0, 0.1) is 17.5 Å². The number of nitrogens with one attached hydrogen (secondary N) is 1. The van der Waals surface area contributed by atoms with Crippen molar-refractivity contribution in [3.63, 3.8) is 0 Å². The molecule has 0 heterocycles. The van der Waals surface area contributed by atoms with Gasteiger partial charge in [-0.25, -0.2) is 21.6 Å². The molecule has 9 heteroatoms. The van der Waals surface area contributed by atoms with Gasteiger partial charge in [0.25, 0.3) is 10.0 Å². The fourth-order valence-corrected chi connectivity index (χ4v) is 4.15. The van der Waals surface area contributed by atoms with Crippen LogP contribution in [0.25, 0.3) is 0 Å². The van der Waals surface area contributed by atoms with E-state index in [0.29, 0.717) is 6.07 Å². The van der Waals surface area contributed by atoms with E-state index >= 15 is 0 Å². The maximum Gasteiger partial charge on any atom is 0.265 e. The number of halogens is 5. The molecule has 0 unspecified atom stereocenters. The van der Waals surface area contributed by atoms with Crippen LogP contribution < -0.4 is 4.72 Å². The minimum atomic E-state index is -4.30. The average molecular weight is 445 g/mol. The minimum absolute atomic E-state index is 0.0268. The van der Waals surface area contributed by atoms with Crippen LogP contribution in [-0.4, -0.2) is 8.42 Å². The second kappa shape index (κ2) is 5.98. The van der Waals surface area contributed by atoms with Crippen molar-refractivity contribution in [2.45, 2.75) is 4.90 Å². The summed E-state index contributed by atoms with van der Waals surface area (Å²) < 4.78 is 65.9. The molecule has 0 saturated heterocycles. The van der Waals surface area contributed by atoms with Crippen LogP contribution in [0.5, 0.6) is 0 Å². The summed E-state index contributed by atoms with van der Waals surface area (Å²) in [5.41, 5.74) is 0.0268. The van der Waals surface area contributed by atoms with Crippen molar-refractivity contribution >= 4 is 47.6 Å². The molecular formula is C12H6Br2F3NO2S. The predicted molar refractivity (Wildman–Crippen MR) is 79.0 cm³/mol. The van der Waals surface area contributed by atoms with Crippen molar-refractivity contribution in [1.82, 2.24) is 0 Å². The number of hydrogen-bond donors (Lipinski definition) is 1. The van der Waals surface area contributed by atoms with E-state index in [-0.39, 0.29) is 14.6 Å². The molecule has 0 bridgehead atoms. The summed E-state index contributed by atoms with van der Waals surface area (Å²) in [4.78, 5) is -0.732. The van der Waals surface area contributed by atoms with Crippen molar-refractivity contribution in [3.8, 4) is 0 Å². The summed E-state index contributed by atoms with van der Waals surface area (Å²) in [5, 5.41) is 0. The Hall–Kier alpha value is -1.06. The van der Waals surface area contributed by atoms with Crippen molar-refractivity contribution in [3.05, 3.63) is 56.7 Å². The Balaban J connectivity index is 2.46. The lowest BCUT2D eigenvalue weighted by Gasteiger charge is -2.11. The van der Waals surface area contributed by atoms with Gasteiger partial charge in [0.05, 0.1) is 10.2 Å². The topological polar surface area (TPSA) is 46.2 Å². The number of sulfonamides is 1. The summed E-state index contributed by atoms with van der Waals surface area (Å²) in [7, 11) is -4.30. The Labute approximate surface area is 135 Å². The Bertz CT molecular complexity index is 789. The normalized spacial score (nSPS) is 11.5. The van der Waals surface area contributed by atoms with E-state index < -0.39 is 32.4 Å². The van der Waals surface area contributed by atoms with Gasteiger partial charge in [-0.1, -0.05) is 0 Å². The SMILES string of the molecule is O=S(=O)(Nc1ccc(F)c(Br)c1)c1c(F)cc(F)cc1Br. The van der Waals surface area contributed by atoms with Crippen molar-refractivity contribution < 1.29 is 21.6 Å². The number of anilines is 1. The van der Waals surface area contributed by atoms with Crippen LogP contribution in [0.2, 0.25) is 0 Å². The van der Waals surface area contributed by atoms with E-state index in [1.807, 2.05) is 0 Å². The van der Waals surface area contributed by atoms with Crippen LogP contribution in [0.15, 0.2) is 44.2 Å². The van der Waals surface area contributed by atoms with Gasteiger partial charge in [0.15, 0.2) is 0 Å². The van der Waals surface area contributed by atoms with Crippen LogP contribution >= 0.6 is 31.9 Å². The number of hydrogen-bond acceptors (Lipinski definition) is 2. The predicted octanol–water partition coefficient (Wildman–Crippen LogP) is 4.43.